The van der Waals surface area contributed by atoms with Gasteiger partial charge < -0.3 is 0 Å². The van der Waals surface area contributed by atoms with Crippen LogP contribution >= 0.6 is 11.6 Å². The third kappa shape index (κ3) is 4.09. The molecular formula is C29H21ClN6O. The lowest BCUT2D eigenvalue weighted by Gasteiger charge is -2.14. The van der Waals surface area contributed by atoms with E-state index in [0.29, 0.717) is 27.6 Å². The van der Waals surface area contributed by atoms with Crippen molar-refractivity contribution in [3.05, 3.63) is 118 Å². The molecule has 0 N–H and O–H groups in total. The third-order valence-electron chi connectivity index (χ3n) is 6.18. The van der Waals surface area contributed by atoms with Crippen molar-refractivity contribution >= 4 is 22.6 Å². The third-order valence-corrected chi connectivity index (χ3v) is 6.43. The van der Waals surface area contributed by atoms with Crippen LogP contribution < -0.4 is 5.56 Å². The molecule has 6 aromatic rings. The Morgan fingerprint density at radius 1 is 0.757 bits per heavy atom. The summed E-state index contributed by atoms with van der Waals surface area (Å²) in [6.45, 7) is 3.86. The van der Waals surface area contributed by atoms with Crippen molar-refractivity contribution in [3.63, 3.8) is 0 Å². The van der Waals surface area contributed by atoms with Crippen molar-refractivity contribution < 1.29 is 0 Å². The molecule has 37 heavy (non-hydrogen) atoms. The summed E-state index contributed by atoms with van der Waals surface area (Å²) in [6.07, 6.45) is 3.32. The predicted octanol–water partition coefficient (Wildman–Crippen LogP) is 5.97. The molecule has 0 aliphatic rings. The maximum absolute atomic E-state index is 13.8. The highest BCUT2D eigenvalue weighted by Crippen LogP contribution is 2.27. The number of hydrogen-bond acceptors (Lipinski definition) is 5. The van der Waals surface area contributed by atoms with E-state index >= 15 is 0 Å². The van der Waals surface area contributed by atoms with Crippen LogP contribution in [-0.4, -0.2) is 29.3 Å². The highest BCUT2D eigenvalue weighted by Gasteiger charge is 2.19. The molecule has 6 rings (SSSR count). The Kier molecular flexibility index (Phi) is 5.62. The van der Waals surface area contributed by atoms with Gasteiger partial charge in [0.05, 0.1) is 34.7 Å². The smallest absolute Gasteiger partial charge is 0.268 e. The number of para-hydroxylation sites is 1. The van der Waals surface area contributed by atoms with E-state index in [0.717, 1.165) is 33.9 Å². The Labute approximate surface area is 217 Å². The first-order chi connectivity index (χ1) is 18.0. The van der Waals surface area contributed by atoms with Gasteiger partial charge in [-0.15, -0.1) is 0 Å². The van der Waals surface area contributed by atoms with E-state index in [1.54, 1.807) is 33.8 Å². The predicted molar refractivity (Wildman–Crippen MR) is 145 cm³/mol. The van der Waals surface area contributed by atoms with Gasteiger partial charge in [0.25, 0.3) is 5.56 Å². The van der Waals surface area contributed by atoms with E-state index in [9.17, 15) is 4.79 Å². The molecule has 0 aliphatic heterocycles. The van der Waals surface area contributed by atoms with Gasteiger partial charge in [-0.3, -0.25) is 14.3 Å². The number of benzene rings is 3. The normalized spacial score (nSPS) is 11.2. The molecule has 0 amide bonds. The van der Waals surface area contributed by atoms with Gasteiger partial charge in [0.1, 0.15) is 11.2 Å². The minimum atomic E-state index is -0.214. The quantitative estimate of drug-likeness (QED) is 0.296. The molecule has 0 atom stereocenters. The van der Waals surface area contributed by atoms with Crippen molar-refractivity contribution in [2.75, 3.05) is 0 Å². The first-order valence-electron chi connectivity index (χ1n) is 11.7. The lowest BCUT2D eigenvalue weighted by Crippen LogP contribution is -2.22. The molecule has 7 nitrogen and oxygen atoms in total. The van der Waals surface area contributed by atoms with E-state index in [4.69, 9.17) is 16.6 Å². The van der Waals surface area contributed by atoms with Gasteiger partial charge in [0, 0.05) is 22.3 Å². The second-order valence-electron chi connectivity index (χ2n) is 8.70. The largest absolute Gasteiger partial charge is 0.269 e. The number of nitrogens with zero attached hydrogens (tertiary/aromatic N) is 6. The summed E-state index contributed by atoms with van der Waals surface area (Å²) in [7, 11) is 0. The summed E-state index contributed by atoms with van der Waals surface area (Å²) >= 11 is 6.13. The fourth-order valence-electron chi connectivity index (χ4n) is 4.34. The van der Waals surface area contributed by atoms with Gasteiger partial charge in [-0.2, -0.15) is 5.10 Å². The summed E-state index contributed by atoms with van der Waals surface area (Å²) in [6, 6.07) is 24.6. The van der Waals surface area contributed by atoms with Crippen LogP contribution in [-0.2, 0) is 0 Å². The summed E-state index contributed by atoms with van der Waals surface area (Å²) in [5, 5.41) is 5.49. The Morgan fingerprint density at radius 2 is 1.46 bits per heavy atom. The van der Waals surface area contributed by atoms with Gasteiger partial charge in [0.2, 0.25) is 0 Å². The fraction of sp³-hybridized carbons (Fsp3) is 0.0690. The van der Waals surface area contributed by atoms with Crippen molar-refractivity contribution in [2.24, 2.45) is 0 Å². The Morgan fingerprint density at radius 3 is 2.19 bits per heavy atom. The Bertz CT molecular complexity index is 1810. The molecule has 0 saturated heterocycles. The lowest BCUT2D eigenvalue weighted by molar-refractivity contribution is 0.888. The zero-order valence-corrected chi connectivity index (χ0v) is 20.9. The first-order valence-corrected chi connectivity index (χ1v) is 12.1. The van der Waals surface area contributed by atoms with Gasteiger partial charge >= 0.3 is 0 Å². The van der Waals surface area contributed by atoms with Gasteiger partial charge in [-0.05, 0) is 50.2 Å². The molecule has 3 aromatic heterocycles. The van der Waals surface area contributed by atoms with Crippen molar-refractivity contribution in [3.8, 4) is 34.0 Å². The summed E-state index contributed by atoms with van der Waals surface area (Å²) in [5.41, 5.74) is 6.00. The van der Waals surface area contributed by atoms with Crippen molar-refractivity contribution in [2.45, 2.75) is 13.8 Å². The second kappa shape index (κ2) is 9.11. The van der Waals surface area contributed by atoms with Crippen molar-refractivity contribution in [1.82, 2.24) is 29.3 Å². The van der Waals surface area contributed by atoms with E-state index in [2.05, 4.69) is 15.1 Å². The highest BCUT2D eigenvalue weighted by atomic mass is 35.5. The maximum Gasteiger partial charge on any atom is 0.269 e. The molecule has 0 unspecified atom stereocenters. The minimum Gasteiger partial charge on any atom is -0.268 e. The van der Waals surface area contributed by atoms with Crippen LogP contribution in [0.4, 0.5) is 0 Å². The SMILES string of the molecule is Cc1cnc(C)c(-c2ccc(-c3nc4c(cnn4-c4ccccc4)c(=O)n3-c3ccc(Cl)cc3)cc2)n1. The number of rotatable bonds is 4. The first kappa shape index (κ1) is 22.8. The molecule has 0 spiro atoms. The minimum absolute atomic E-state index is 0.214. The van der Waals surface area contributed by atoms with Gasteiger partial charge in [-0.1, -0.05) is 54.1 Å². The topological polar surface area (TPSA) is 78.5 Å². The number of hydrogen-bond donors (Lipinski definition) is 0. The van der Waals surface area contributed by atoms with Crippen LogP contribution in [0.5, 0.6) is 0 Å². The zero-order valence-electron chi connectivity index (χ0n) is 20.1. The molecule has 8 heteroatoms. The number of halogens is 1. The summed E-state index contributed by atoms with van der Waals surface area (Å²) in [5.74, 6) is 0.496. The van der Waals surface area contributed by atoms with Crippen LogP contribution in [0.2, 0.25) is 5.02 Å². The molecule has 0 radical (unpaired) electrons. The maximum atomic E-state index is 13.8. The van der Waals surface area contributed by atoms with Crippen LogP contribution in [0.25, 0.3) is 45.1 Å². The van der Waals surface area contributed by atoms with E-state index in [1.807, 2.05) is 80.6 Å². The molecule has 3 heterocycles. The van der Waals surface area contributed by atoms with Crippen LogP contribution in [0.1, 0.15) is 11.4 Å². The average molecular weight is 505 g/mol. The van der Waals surface area contributed by atoms with E-state index in [1.165, 1.54) is 0 Å². The summed E-state index contributed by atoms with van der Waals surface area (Å²) in [4.78, 5) is 27.9. The van der Waals surface area contributed by atoms with Crippen LogP contribution in [0, 0.1) is 13.8 Å². The summed E-state index contributed by atoms with van der Waals surface area (Å²) < 4.78 is 3.29. The van der Waals surface area contributed by atoms with Crippen LogP contribution in [0.3, 0.4) is 0 Å². The van der Waals surface area contributed by atoms with Crippen molar-refractivity contribution in [1.29, 1.82) is 0 Å². The van der Waals surface area contributed by atoms with Gasteiger partial charge in [0.15, 0.2) is 5.65 Å². The lowest BCUT2D eigenvalue weighted by atomic mass is 10.1. The molecule has 0 aliphatic carbocycles. The number of aromatic nitrogens is 6. The molecule has 0 bridgehead atoms. The average Bonchev–Trinajstić information content (AvgIpc) is 3.36. The van der Waals surface area contributed by atoms with Crippen LogP contribution in [0.15, 0.2) is 96.1 Å². The Balaban J connectivity index is 1.58. The highest BCUT2D eigenvalue weighted by molar-refractivity contribution is 6.30. The molecule has 180 valence electrons. The standard InChI is InChI=1S/C29H21ClN6O/c1-18-16-31-19(2)26(33-18)20-8-10-21(11-9-20)27-34-28-25(17-32-36(28)24-6-4-3-5-7-24)29(37)35(27)23-14-12-22(30)13-15-23/h3-17H,1-2H3. The molecule has 0 fully saturated rings. The Hall–Kier alpha value is -4.62. The molecular weight excluding hydrogens is 484 g/mol. The monoisotopic (exact) mass is 504 g/mol. The number of fused-ring (bicyclic) bond motifs is 1. The fourth-order valence-corrected chi connectivity index (χ4v) is 4.46. The number of aryl methyl sites for hydroxylation is 2. The molecule has 3 aromatic carbocycles. The van der Waals surface area contributed by atoms with Gasteiger partial charge in [-0.25, -0.2) is 14.6 Å². The molecule has 0 saturated carbocycles. The zero-order chi connectivity index (χ0) is 25.5. The van der Waals surface area contributed by atoms with E-state index < -0.39 is 0 Å². The van der Waals surface area contributed by atoms with E-state index in [-0.39, 0.29) is 5.56 Å². The second-order valence-corrected chi connectivity index (χ2v) is 9.14.